The van der Waals surface area contributed by atoms with Gasteiger partial charge in [-0.2, -0.15) is 0 Å². The summed E-state index contributed by atoms with van der Waals surface area (Å²) < 4.78 is 11.5. The maximum Gasteiger partial charge on any atom is 0.269 e. The lowest BCUT2D eigenvalue weighted by Crippen LogP contribution is -2.44. The van der Waals surface area contributed by atoms with Gasteiger partial charge in [0.05, 0.1) is 16.4 Å². The van der Waals surface area contributed by atoms with Crippen molar-refractivity contribution in [1.82, 2.24) is 0 Å². The fourth-order valence-corrected chi connectivity index (χ4v) is 4.34. The van der Waals surface area contributed by atoms with Crippen molar-refractivity contribution < 1.29 is 19.2 Å². The SMILES string of the molecule is O=C(Nc1ccc(OC2CCCC2)cc1)C1(c2ccc([N+](=O)[O-])cc2)CCOCC1. The number of hydrogen-bond acceptors (Lipinski definition) is 5. The maximum absolute atomic E-state index is 13.3. The highest BCUT2D eigenvalue weighted by atomic mass is 16.6. The Morgan fingerprint density at radius 1 is 1.03 bits per heavy atom. The van der Waals surface area contributed by atoms with Gasteiger partial charge in [0.15, 0.2) is 0 Å². The molecule has 1 saturated carbocycles. The van der Waals surface area contributed by atoms with Gasteiger partial charge in [-0.1, -0.05) is 12.1 Å². The molecule has 0 spiro atoms. The van der Waals surface area contributed by atoms with Crippen molar-refractivity contribution >= 4 is 17.3 Å². The van der Waals surface area contributed by atoms with Gasteiger partial charge in [-0.25, -0.2) is 0 Å². The van der Waals surface area contributed by atoms with Gasteiger partial charge in [0.25, 0.3) is 5.69 Å². The lowest BCUT2D eigenvalue weighted by Gasteiger charge is -2.36. The lowest BCUT2D eigenvalue weighted by atomic mass is 9.73. The highest BCUT2D eigenvalue weighted by molar-refractivity contribution is 5.99. The number of carbonyl (C=O) groups is 1. The van der Waals surface area contributed by atoms with Gasteiger partial charge in [0, 0.05) is 31.0 Å². The molecular weight excluding hydrogens is 384 g/mol. The molecule has 158 valence electrons. The number of non-ortho nitro benzene ring substituents is 1. The Balaban J connectivity index is 1.50. The first-order valence-electron chi connectivity index (χ1n) is 10.5. The first-order valence-corrected chi connectivity index (χ1v) is 10.5. The number of ether oxygens (including phenoxy) is 2. The lowest BCUT2D eigenvalue weighted by molar-refractivity contribution is -0.384. The smallest absolute Gasteiger partial charge is 0.269 e. The largest absolute Gasteiger partial charge is 0.490 e. The van der Waals surface area contributed by atoms with E-state index >= 15 is 0 Å². The van der Waals surface area contributed by atoms with Crippen LogP contribution in [0.2, 0.25) is 0 Å². The molecule has 0 radical (unpaired) electrons. The first-order chi connectivity index (χ1) is 14.6. The summed E-state index contributed by atoms with van der Waals surface area (Å²) in [4.78, 5) is 23.9. The zero-order chi connectivity index (χ0) is 21.0. The molecule has 7 heteroatoms. The van der Waals surface area contributed by atoms with E-state index in [1.54, 1.807) is 12.1 Å². The highest BCUT2D eigenvalue weighted by Gasteiger charge is 2.42. The summed E-state index contributed by atoms with van der Waals surface area (Å²) in [6, 6.07) is 13.7. The molecule has 2 aromatic rings. The van der Waals surface area contributed by atoms with Crippen LogP contribution in [0.1, 0.15) is 44.1 Å². The normalized spacial score (nSPS) is 18.7. The summed E-state index contributed by atoms with van der Waals surface area (Å²) in [6.07, 6.45) is 5.97. The highest BCUT2D eigenvalue weighted by Crippen LogP contribution is 2.37. The number of nitrogens with zero attached hydrogens (tertiary/aromatic N) is 1. The third-order valence-electron chi connectivity index (χ3n) is 6.13. The van der Waals surface area contributed by atoms with Gasteiger partial charge >= 0.3 is 0 Å². The van der Waals surface area contributed by atoms with Crippen molar-refractivity contribution in [2.75, 3.05) is 18.5 Å². The van der Waals surface area contributed by atoms with E-state index in [4.69, 9.17) is 9.47 Å². The molecule has 1 amide bonds. The van der Waals surface area contributed by atoms with E-state index in [-0.39, 0.29) is 17.7 Å². The van der Waals surface area contributed by atoms with Crippen LogP contribution >= 0.6 is 0 Å². The van der Waals surface area contributed by atoms with Crippen molar-refractivity contribution in [2.24, 2.45) is 0 Å². The number of hydrogen-bond donors (Lipinski definition) is 1. The third kappa shape index (κ3) is 4.31. The Bertz CT molecular complexity index is 883. The van der Waals surface area contributed by atoms with Gasteiger partial charge in [0.1, 0.15) is 5.75 Å². The molecule has 7 nitrogen and oxygen atoms in total. The minimum Gasteiger partial charge on any atom is -0.490 e. The van der Waals surface area contributed by atoms with E-state index in [9.17, 15) is 14.9 Å². The molecule has 1 heterocycles. The average molecular weight is 410 g/mol. The van der Waals surface area contributed by atoms with Gasteiger partial charge in [-0.05, 0) is 68.4 Å². The van der Waals surface area contributed by atoms with Crippen LogP contribution in [0.5, 0.6) is 5.75 Å². The third-order valence-corrected chi connectivity index (χ3v) is 6.13. The number of nitro benzene ring substituents is 1. The molecule has 0 aromatic heterocycles. The second-order valence-corrected chi connectivity index (χ2v) is 8.00. The van der Waals surface area contributed by atoms with Crippen LogP contribution < -0.4 is 10.1 Å². The molecule has 1 N–H and O–H groups in total. The molecular formula is C23H26N2O5. The second-order valence-electron chi connectivity index (χ2n) is 8.00. The molecule has 4 rings (SSSR count). The second kappa shape index (κ2) is 8.83. The summed E-state index contributed by atoms with van der Waals surface area (Å²) in [6.45, 7) is 0.942. The minimum atomic E-state index is -0.771. The quantitative estimate of drug-likeness (QED) is 0.555. The average Bonchev–Trinajstić information content (AvgIpc) is 3.28. The Morgan fingerprint density at radius 3 is 2.27 bits per heavy atom. The van der Waals surface area contributed by atoms with Crippen LogP contribution in [0.15, 0.2) is 48.5 Å². The van der Waals surface area contributed by atoms with Gasteiger partial charge in [-0.15, -0.1) is 0 Å². The zero-order valence-electron chi connectivity index (χ0n) is 16.8. The summed E-state index contributed by atoms with van der Waals surface area (Å²) in [5.41, 5.74) is 0.715. The van der Waals surface area contributed by atoms with Crippen molar-refractivity contribution in [1.29, 1.82) is 0 Å². The fourth-order valence-electron chi connectivity index (χ4n) is 4.34. The summed E-state index contributed by atoms with van der Waals surface area (Å²) in [7, 11) is 0. The van der Waals surface area contributed by atoms with E-state index in [0.717, 1.165) is 24.2 Å². The van der Waals surface area contributed by atoms with E-state index in [2.05, 4.69) is 5.32 Å². The molecule has 1 aliphatic heterocycles. The molecule has 0 atom stereocenters. The molecule has 0 unspecified atom stereocenters. The van der Waals surface area contributed by atoms with Crippen LogP contribution in [0.4, 0.5) is 11.4 Å². The molecule has 2 aliphatic rings. The number of amides is 1. The predicted molar refractivity (Wildman–Crippen MR) is 113 cm³/mol. The van der Waals surface area contributed by atoms with Crippen LogP contribution in [0, 0.1) is 10.1 Å². The van der Waals surface area contributed by atoms with E-state index < -0.39 is 10.3 Å². The standard InChI is InChI=1S/C23H26N2O5/c26-22(24-18-7-11-21(12-8-18)30-20-3-1-2-4-20)23(13-15-29-16-14-23)17-5-9-19(10-6-17)25(27)28/h5-12,20H,1-4,13-16H2,(H,24,26). The topological polar surface area (TPSA) is 90.7 Å². The monoisotopic (exact) mass is 410 g/mol. The number of nitro groups is 1. The van der Waals surface area contributed by atoms with E-state index in [1.807, 2.05) is 24.3 Å². The van der Waals surface area contributed by atoms with Crippen molar-refractivity contribution in [3.05, 3.63) is 64.2 Å². The Hall–Kier alpha value is -2.93. The van der Waals surface area contributed by atoms with Crippen LogP contribution in [-0.2, 0) is 14.9 Å². The number of benzene rings is 2. The predicted octanol–water partition coefficient (Wildman–Crippen LogP) is 4.60. The summed E-state index contributed by atoms with van der Waals surface area (Å²) in [5.74, 6) is 0.695. The van der Waals surface area contributed by atoms with Crippen molar-refractivity contribution in [2.45, 2.75) is 50.0 Å². The minimum absolute atomic E-state index is 0.0132. The van der Waals surface area contributed by atoms with Crippen molar-refractivity contribution in [3.63, 3.8) is 0 Å². The Kier molecular flexibility index (Phi) is 5.99. The van der Waals surface area contributed by atoms with Crippen molar-refractivity contribution in [3.8, 4) is 5.75 Å². The molecule has 30 heavy (non-hydrogen) atoms. The first kappa shape index (κ1) is 20.3. The summed E-state index contributed by atoms with van der Waals surface area (Å²) in [5, 5.41) is 14.0. The fraction of sp³-hybridized carbons (Fsp3) is 0.435. The maximum atomic E-state index is 13.3. The molecule has 2 fully saturated rings. The van der Waals surface area contributed by atoms with Gasteiger partial charge in [-0.3, -0.25) is 14.9 Å². The molecule has 2 aromatic carbocycles. The van der Waals surface area contributed by atoms with Gasteiger partial charge < -0.3 is 14.8 Å². The van der Waals surface area contributed by atoms with Crippen LogP contribution in [0.3, 0.4) is 0 Å². The number of nitrogens with one attached hydrogen (secondary N) is 1. The summed E-state index contributed by atoms with van der Waals surface area (Å²) >= 11 is 0. The molecule has 1 aliphatic carbocycles. The van der Waals surface area contributed by atoms with E-state index in [0.29, 0.717) is 31.7 Å². The Morgan fingerprint density at radius 2 is 1.67 bits per heavy atom. The number of anilines is 1. The van der Waals surface area contributed by atoms with Crippen LogP contribution in [0.25, 0.3) is 0 Å². The zero-order valence-corrected chi connectivity index (χ0v) is 16.8. The molecule has 1 saturated heterocycles. The van der Waals surface area contributed by atoms with Gasteiger partial charge in [0.2, 0.25) is 5.91 Å². The Labute approximate surface area is 175 Å². The molecule has 0 bridgehead atoms. The van der Waals surface area contributed by atoms with Crippen LogP contribution in [-0.4, -0.2) is 30.1 Å². The number of carbonyl (C=O) groups excluding carboxylic acids is 1. The number of rotatable bonds is 6. The van der Waals surface area contributed by atoms with E-state index in [1.165, 1.54) is 25.0 Å².